The number of benzene rings is 1. The van der Waals surface area contributed by atoms with Gasteiger partial charge < -0.3 is 10.4 Å². The average Bonchev–Trinajstić information content (AvgIpc) is 2.30. The second-order valence-electron chi connectivity index (χ2n) is 3.38. The topological polar surface area (TPSA) is 49.3 Å². The second-order valence-corrected chi connectivity index (χ2v) is 3.38. The third kappa shape index (κ3) is 3.11. The molecular formula is C13H15NO2. The van der Waals surface area contributed by atoms with Crippen LogP contribution in [0.5, 0.6) is 0 Å². The van der Waals surface area contributed by atoms with E-state index in [-0.39, 0.29) is 12.5 Å². The van der Waals surface area contributed by atoms with Gasteiger partial charge in [0.2, 0.25) is 0 Å². The number of aliphatic hydroxyl groups is 1. The van der Waals surface area contributed by atoms with E-state index in [1.807, 2.05) is 19.1 Å². The van der Waals surface area contributed by atoms with E-state index >= 15 is 0 Å². The lowest BCUT2D eigenvalue weighted by atomic mass is 10.0. The number of aryl methyl sites for hydroxylation is 1. The highest BCUT2D eigenvalue weighted by Crippen LogP contribution is 2.10. The fraction of sp³-hybridized carbons (Fsp3) is 0.308. The number of hydrogen-bond acceptors (Lipinski definition) is 2. The molecule has 0 spiro atoms. The lowest BCUT2D eigenvalue weighted by molar-refractivity contribution is 0.0962. The summed E-state index contributed by atoms with van der Waals surface area (Å²) in [4.78, 5) is 11.5. The van der Waals surface area contributed by atoms with Gasteiger partial charge in [-0.05, 0) is 24.6 Å². The van der Waals surface area contributed by atoms with Gasteiger partial charge in [-0.25, -0.2) is 0 Å². The lowest BCUT2D eigenvalue weighted by Crippen LogP contribution is -2.19. The van der Waals surface area contributed by atoms with Crippen LogP contribution in [0.4, 0.5) is 0 Å². The van der Waals surface area contributed by atoms with Crippen molar-refractivity contribution in [3.8, 4) is 11.8 Å². The molecule has 0 aliphatic carbocycles. The summed E-state index contributed by atoms with van der Waals surface area (Å²) in [6.45, 7) is 1.94. The van der Waals surface area contributed by atoms with Crippen molar-refractivity contribution >= 4 is 5.91 Å². The third-order valence-electron chi connectivity index (χ3n) is 2.18. The van der Waals surface area contributed by atoms with Crippen molar-refractivity contribution in [2.24, 2.45) is 0 Å². The Morgan fingerprint density at radius 2 is 2.25 bits per heavy atom. The summed E-state index contributed by atoms with van der Waals surface area (Å²) < 4.78 is 0. The molecule has 84 valence electrons. The normalized spacial score (nSPS) is 9.19. The molecule has 1 aromatic rings. The molecule has 0 bridgehead atoms. The number of carbonyl (C=O) groups excluding carboxylic acids is 1. The molecule has 0 aliphatic heterocycles. The predicted molar refractivity (Wildman–Crippen MR) is 63.2 cm³/mol. The monoisotopic (exact) mass is 217 g/mol. The van der Waals surface area contributed by atoms with Crippen LogP contribution in [0.3, 0.4) is 0 Å². The Labute approximate surface area is 95.5 Å². The highest BCUT2D eigenvalue weighted by atomic mass is 16.2. The molecule has 3 heteroatoms. The molecular weight excluding hydrogens is 202 g/mol. The van der Waals surface area contributed by atoms with Gasteiger partial charge in [0, 0.05) is 24.6 Å². The van der Waals surface area contributed by atoms with Crippen LogP contribution < -0.4 is 5.32 Å². The fourth-order valence-corrected chi connectivity index (χ4v) is 1.30. The van der Waals surface area contributed by atoms with Crippen molar-refractivity contribution in [2.75, 3.05) is 13.7 Å². The van der Waals surface area contributed by atoms with Crippen molar-refractivity contribution in [1.82, 2.24) is 5.32 Å². The zero-order chi connectivity index (χ0) is 12.0. The highest BCUT2D eigenvalue weighted by Gasteiger charge is 2.06. The zero-order valence-electron chi connectivity index (χ0n) is 9.50. The molecule has 0 unspecified atom stereocenters. The van der Waals surface area contributed by atoms with E-state index in [1.165, 1.54) is 0 Å². The standard InChI is InChI=1S/C13H15NO2/c1-10-6-7-11(5-3-4-8-15)9-12(10)13(16)14-2/h6-7,9,15H,4,8H2,1-2H3,(H,14,16). The number of aliphatic hydroxyl groups excluding tert-OH is 1. The molecule has 0 saturated heterocycles. The number of carbonyl (C=O) groups is 1. The molecule has 0 aromatic heterocycles. The number of rotatable bonds is 2. The van der Waals surface area contributed by atoms with Crippen LogP contribution in [0.25, 0.3) is 0 Å². The summed E-state index contributed by atoms with van der Waals surface area (Å²) in [6, 6.07) is 5.50. The van der Waals surface area contributed by atoms with Crippen LogP contribution in [0, 0.1) is 18.8 Å². The Morgan fingerprint density at radius 1 is 1.50 bits per heavy atom. The van der Waals surface area contributed by atoms with Crippen molar-refractivity contribution in [3.63, 3.8) is 0 Å². The van der Waals surface area contributed by atoms with Gasteiger partial charge in [0.1, 0.15) is 0 Å². The summed E-state index contributed by atoms with van der Waals surface area (Å²) in [5.41, 5.74) is 2.35. The van der Waals surface area contributed by atoms with Gasteiger partial charge in [0.25, 0.3) is 5.91 Å². The molecule has 0 atom stereocenters. The molecule has 3 nitrogen and oxygen atoms in total. The molecule has 0 saturated carbocycles. The van der Waals surface area contributed by atoms with Gasteiger partial charge in [-0.2, -0.15) is 0 Å². The molecule has 0 heterocycles. The summed E-state index contributed by atoms with van der Waals surface area (Å²) >= 11 is 0. The molecule has 0 aliphatic rings. The number of amides is 1. The van der Waals surface area contributed by atoms with E-state index in [0.29, 0.717) is 12.0 Å². The van der Waals surface area contributed by atoms with Crippen LogP contribution in [0.15, 0.2) is 18.2 Å². The Balaban J connectivity index is 2.99. The zero-order valence-corrected chi connectivity index (χ0v) is 9.50. The molecule has 16 heavy (non-hydrogen) atoms. The summed E-state index contributed by atoms with van der Waals surface area (Å²) in [6.07, 6.45) is 0.448. The minimum Gasteiger partial charge on any atom is -0.395 e. The first-order valence-corrected chi connectivity index (χ1v) is 5.11. The molecule has 1 amide bonds. The average molecular weight is 217 g/mol. The van der Waals surface area contributed by atoms with Gasteiger partial charge in [0.05, 0.1) is 6.61 Å². The van der Waals surface area contributed by atoms with E-state index in [9.17, 15) is 4.79 Å². The van der Waals surface area contributed by atoms with Crippen molar-refractivity contribution in [3.05, 3.63) is 34.9 Å². The minimum absolute atomic E-state index is 0.0567. The van der Waals surface area contributed by atoms with Gasteiger partial charge in [-0.3, -0.25) is 4.79 Å². The first-order chi connectivity index (χ1) is 7.69. The van der Waals surface area contributed by atoms with Gasteiger partial charge in [0.15, 0.2) is 0 Å². The van der Waals surface area contributed by atoms with E-state index < -0.39 is 0 Å². The third-order valence-corrected chi connectivity index (χ3v) is 2.18. The minimum atomic E-state index is -0.108. The number of nitrogens with one attached hydrogen (secondary N) is 1. The Morgan fingerprint density at radius 3 is 2.88 bits per heavy atom. The van der Waals surface area contributed by atoms with Crippen LogP contribution in [-0.4, -0.2) is 24.7 Å². The number of hydrogen-bond donors (Lipinski definition) is 2. The van der Waals surface area contributed by atoms with E-state index in [1.54, 1.807) is 13.1 Å². The van der Waals surface area contributed by atoms with E-state index in [4.69, 9.17) is 5.11 Å². The fourth-order valence-electron chi connectivity index (χ4n) is 1.30. The molecule has 0 fully saturated rings. The van der Waals surface area contributed by atoms with Crippen LogP contribution in [0.2, 0.25) is 0 Å². The highest BCUT2D eigenvalue weighted by molar-refractivity contribution is 5.95. The summed E-state index contributed by atoms with van der Waals surface area (Å²) in [5.74, 6) is 5.62. The SMILES string of the molecule is CNC(=O)c1cc(C#CCCO)ccc1C. The van der Waals surface area contributed by atoms with Gasteiger partial charge in [-0.15, -0.1) is 0 Å². The molecule has 1 aromatic carbocycles. The van der Waals surface area contributed by atoms with E-state index in [0.717, 1.165) is 11.1 Å². The van der Waals surface area contributed by atoms with Crippen molar-refractivity contribution in [1.29, 1.82) is 0 Å². The summed E-state index contributed by atoms with van der Waals surface area (Å²) in [5, 5.41) is 11.2. The Kier molecular flexibility index (Phi) is 4.56. The first kappa shape index (κ1) is 12.3. The molecule has 0 radical (unpaired) electrons. The largest absolute Gasteiger partial charge is 0.395 e. The second kappa shape index (κ2) is 5.94. The maximum atomic E-state index is 11.5. The molecule has 1 rings (SSSR count). The maximum Gasteiger partial charge on any atom is 0.251 e. The Hall–Kier alpha value is -1.79. The van der Waals surface area contributed by atoms with Gasteiger partial charge in [-0.1, -0.05) is 17.9 Å². The van der Waals surface area contributed by atoms with Gasteiger partial charge >= 0.3 is 0 Å². The van der Waals surface area contributed by atoms with E-state index in [2.05, 4.69) is 17.2 Å². The van der Waals surface area contributed by atoms with Crippen LogP contribution in [0.1, 0.15) is 27.9 Å². The predicted octanol–water partition coefficient (Wildman–Crippen LogP) is 1.09. The first-order valence-electron chi connectivity index (χ1n) is 5.11. The Bertz CT molecular complexity index is 441. The van der Waals surface area contributed by atoms with Crippen LogP contribution in [-0.2, 0) is 0 Å². The van der Waals surface area contributed by atoms with Crippen molar-refractivity contribution < 1.29 is 9.90 Å². The maximum absolute atomic E-state index is 11.5. The molecule has 2 N–H and O–H groups in total. The quantitative estimate of drug-likeness (QED) is 0.728. The smallest absolute Gasteiger partial charge is 0.251 e. The van der Waals surface area contributed by atoms with Crippen LogP contribution >= 0.6 is 0 Å². The summed E-state index contributed by atoms with van der Waals surface area (Å²) in [7, 11) is 1.60. The van der Waals surface area contributed by atoms with Crippen molar-refractivity contribution in [2.45, 2.75) is 13.3 Å². The lowest BCUT2D eigenvalue weighted by Gasteiger charge is -2.04.